The first-order valence-electron chi connectivity index (χ1n) is 14.6. The summed E-state index contributed by atoms with van der Waals surface area (Å²) < 4.78 is 33.8. The number of benzene rings is 1. The van der Waals surface area contributed by atoms with Crippen molar-refractivity contribution in [1.82, 2.24) is 10.6 Å². The molecule has 5 rings (SSSR count). The Bertz CT molecular complexity index is 1020. The van der Waals surface area contributed by atoms with Gasteiger partial charge in [-0.15, -0.1) is 0 Å². The molecule has 0 aromatic heterocycles. The predicted molar refractivity (Wildman–Crippen MR) is 148 cm³/mol. The van der Waals surface area contributed by atoms with E-state index in [4.69, 9.17) is 14.6 Å². The SMILES string of the molecule is NS(=O)(=O)c1ccc(C(=O)NCCCOCCCCOCCCNC(=O)CC23CC4CC(CC(C4)C2)C3)cc1. The van der Waals surface area contributed by atoms with Crippen molar-refractivity contribution in [2.24, 2.45) is 28.3 Å². The Morgan fingerprint density at radius 3 is 1.79 bits per heavy atom. The summed E-state index contributed by atoms with van der Waals surface area (Å²) in [7, 11) is -3.77. The zero-order valence-corrected chi connectivity index (χ0v) is 23.8. The highest BCUT2D eigenvalue weighted by Crippen LogP contribution is 2.61. The average Bonchev–Trinajstić information content (AvgIpc) is 2.87. The Morgan fingerprint density at radius 2 is 1.28 bits per heavy atom. The van der Waals surface area contributed by atoms with Gasteiger partial charge in [-0.2, -0.15) is 0 Å². The molecule has 0 atom stereocenters. The zero-order valence-electron chi connectivity index (χ0n) is 23.0. The minimum absolute atomic E-state index is 0.0243. The van der Waals surface area contributed by atoms with E-state index in [1.165, 1.54) is 62.8 Å². The normalized spacial score (nSPS) is 25.5. The first kappa shape index (κ1) is 30.0. The van der Waals surface area contributed by atoms with E-state index in [-0.39, 0.29) is 16.7 Å². The lowest BCUT2D eigenvalue weighted by Gasteiger charge is -2.56. The number of carbonyl (C=O) groups excluding carboxylic acids is 2. The Hall–Kier alpha value is -2.01. The fraction of sp³-hybridized carbons (Fsp3) is 0.724. The molecule has 4 N–H and O–H groups in total. The number of amides is 2. The van der Waals surface area contributed by atoms with Crippen LogP contribution in [0.1, 0.15) is 81.0 Å². The van der Waals surface area contributed by atoms with Gasteiger partial charge in [-0.05, 0) is 112 Å². The third-order valence-corrected chi connectivity index (χ3v) is 9.44. The van der Waals surface area contributed by atoms with Gasteiger partial charge in [0.05, 0.1) is 4.90 Å². The van der Waals surface area contributed by atoms with Crippen LogP contribution in [0.2, 0.25) is 0 Å². The maximum Gasteiger partial charge on any atom is 0.251 e. The van der Waals surface area contributed by atoms with Crippen molar-refractivity contribution < 1.29 is 27.5 Å². The number of nitrogens with two attached hydrogens (primary N) is 1. The molecular weight excluding hydrogens is 518 g/mol. The Labute approximate surface area is 233 Å². The van der Waals surface area contributed by atoms with Gasteiger partial charge in [-0.25, -0.2) is 13.6 Å². The third-order valence-electron chi connectivity index (χ3n) is 8.51. The number of ether oxygens (including phenoxy) is 2. The summed E-state index contributed by atoms with van der Waals surface area (Å²) in [6.45, 7) is 3.69. The minimum atomic E-state index is -3.77. The summed E-state index contributed by atoms with van der Waals surface area (Å²) in [5, 5.41) is 11.0. The Morgan fingerprint density at radius 1 is 0.795 bits per heavy atom. The van der Waals surface area contributed by atoms with Crippen LogP contribution in [0.3, 0.4) is 0 Å². The number of hydrogen-bond donors (Lipinski definition) is 3. The summed E-state index contributed by atoms with van der Waals surface area (Å²) in [6.07, 6.45) is 12.1. The highest BCUT2D eigenvalue weighted by atomic mass is 32.2. The molecule has 0 spiro atoms. The number of sulfonamides is 1. The third kappa shape index (κ3) is 9.27. The van der Waals surface area contributed by atoms with E-state index in [2.05, 4.69) is 10.6 Å². The second-order valence-electron chi connectivity index (χ2n) is 11.9. The van der Waals surface area contributed by atoms with Crippen molar-refractivity contribution in [1.29, 1.82) is 0 Å². The van der Waals surface area contributed by atoms with E-state index < -0.39 is 10.0 Å². The number of carbonyl (C=O) groups is 2. The molecule has 39 heavy (non-hydrogen) atoms. The molecule has 4 saturated carbocycles. The molecule has 0 unspecified atom stereocenters. The van der Waals surface area contributed by atoms with E-state index in [0.29, 0.717) is 56.9 Å². The summed E-state index contributed by atoms with van der Waals surface area (Å²) in [4.78, 5) is 24.6. The smallest absolute Gasteiger partial charge is 0.251 e. The number of hydrogen-bond acceptors (Lipinski definition) is 6. The number of unbranched alkanes of at least 4 members (excludes halogenated alkanes) is 1. The van der Waals surface area contributed by atoms with Gasteiger partial charge >= 0.3 is 0 Å². The lowest BCUT2D eigenvalue weighted by atomic mass is 9.49. The molecule has 0 heterocycles. The second-order valence-corrected chi connectivity index (χ2v) is 13.5. The molecular formula is C29H45N3O6S. The minimum Gasteiger partial charge on any atom is -0.381 e. The van der Waals surface area contributed by atoms with Crippen LogP contribution in [-0.4, -0.2) is 59.7 Å². The molecule has 0 aliphatic heterocycles. The second kappa shape index (κ2) is 14.1. The van der Waals surface area contributed by atoms with Crippen LogP contribution in [-0.2, 0) is 24.3 Å². The van der Waals surface area contributed by atoms with Crippen LogP contribution in [0, 0.1) is 23.2 Å². The van der Waals surface area contributed by atoms with Crippen LogP contribution < -0.4 is 15.8 Å². The van der Waals surface area contributed by atoms with Gasteiger partial charge in [0.15, 0.2) is 0 Å². The van der Waals surface area contributed by atoms with Crippen molar-refractivity contribution in [2.45, 2.75) is 75.5 Å². The molecule has 2 amide bonds. The molecule has 1 aromatic rings. The van der Waals surface area contributed by atoms with E-state index in [1.54, 1.807) is 0 Å². The van der Waals surface area contributed by atoms with Gasteiger partial charge in [0.2, 0.25) is 15.9 Å². The Kier molecular flexibility index (Phi) is 10.8. The maximum atomic E-state index is 12.6. The molecule has 0 saturated heterocycles. The van der Waals surface area contributed by atoms with Crippen molar-refractivity contribution >= 4 is 21.8 Å². The van der Waals surface area contributed by atoms with Crippen LogP contribution in [0.15, 0.2) is 29.2 Å². The molecule has 4 fully saturated rings. The summed E-state index contributed by atoms with van der Waals surface area (Å²) in [6, 6.07) is 5.51. The van der Waals surface area contributed by atoms with Crippen molar-refractivity contribution in [3.63, 3.8) is 0 Å². The van der Waals surface area contributed by atoms with E-state index >= 15 is 0 Å². The standard InChI is InChI=1S/C29H45N3O6S/c30-39(35,36)26-7-5-25(6-8-26)28(34)32-10-4-14-38-12-2-1-11-37-13-3-9-31-27(33)21-29-18-22-15-23(19-29)17-24(16-22)20-29/h5-8,22-24H,1-4,9-21H2,(H,31,33)(H,32,34)(H2,30,35,36). The summed E-state index contributed by atoms with van der Waals surface area (Å²) >= 11 is 0. The highest BCUT2D eigenvalue weighted by molar-refractivity contribution is 7.89. The van der Waals surface area contributed by atoms with E-state index in [1.807, 2.05) is 0 Å². The van der Waals surface area contributed by atoms with Crippen LogP contribution in [0.4, 0.5) is 0 Å². The predicted octanol–water partition coefficient (Wildman–Crippen LogP) is 3.38. The Balaban J connectivity index is 0.922. The first-order chi connectivity index (χ1) is 18.7. The molecule has 0 radical (unpaired) electrons. The van der Waals surface area contributed by atoms with Gasteiger partial charge in [-0.3, -0.25) is 9.59 Å². The summed E-state index contributed by atoms with van der Waals surface area (Å²) in [5.41, 5.74) is 0.681. The molecule has 10 heteroatoms. The quantitative estimate of drug-likeness (QED) is 0.249. The molecule has 9 nitrogen and oxygen atoms in total. The fourth-order valence-corrected chi connectivity index (χ4v) is 7.71. The largest absolute Gasteiger partial charge is 0.381 e. The van der Waals surface area contributed by atoms with E-state index in [9.17, 15) is 18.0 Å². The van der Waals surface area contributed by atoms with Crippen LogP contribution in [0.5, 0.6) is 0 Å². The van der Waals surface area contributed by atoms with Crippen LogP contribution in [0.25, 0.3) is 0 Å². The number of primary sulfonamides is 1. The van der Waals surface area contributed by atoms with Gasteiger partial charge in [0.25, 0.3) is 5.91 Å². The van der Waals surface area contributed by atoms with Gasteiger partial charge in [0, 0.05) is 51.5 Å². The lowest BCUT2D eigenvalue weighted by Crippen LogP contribution is -2.48. The van der Waals surface area contributed by atoms with Crippen molar-refractivity contribution in [3.05, 3.63) is 29.8 Å². The van der Waals surface area contributed by atoms with Crippen LogP contribution >= 0.6 is 0 Å². The zero-order chi connectivity index (χ0) is 27.7. The van der Waals surface area contributed by atoms with E-state index in [0.717, 1.165) is 43.4 Å². The topological polar surface area (TPSA) is 137 Å². The monoisotopic (exact) mass is 563 g/mol. The fourth-order valence-electron chi connectivity index (χ4n) is 7.20. The van der Waals surface area contributed by atoms with Crippen molar-refractivity contribution in [2.75, 3.05) is 39.5 Å². The lowest BCUT2D eigenvalue weighted by molar-refractivity contribution is -0.129. The maximum absolute atomic E-state index is 12.6. The number of nitrogens with one attached hydrogen (secondary N) is 2. The first-order valence-corrected chi connectivity index (χ1v) is 16.1. The highest BCUT2D eigenvalue weighted by Gasteiger charge is 2.51. The molecule has 218 valence electrons. The summed E-state index contributed by atoms with van der Waals surface area (Å²) in [5.74, 6) is 2.61. The average molecular weight is 564 g/mol. The van der Waals surface area contributed by atoms with Crippen molar-refractivity contribution in [3.8, 4) is 0 Å². The molecule has 4 bridgehead atoms. The molecule has 4 aliphatic rings. The molecule has 1 aromatic carbocycles. The van der Waals surface area contributed by atoms with Gasteiger partial charge in [0.1, 0.15) is 0 Å². The van der Waals surface area contributed by atoms with Gasteiger partial charge < -0.3 is 20.1 Å². The number of rotatable bonds is 17. The molecule has 4 aliphatic carbocycles. The van der Waals surface area contributed by atoms with Gasteiger partial charge in [-0.1, -0.05) is 0 Å².